The predicted octanol–water partition coefficient (Wildman–Crippen LogP) is 4.99. The van der Waals surface area contributed by atoms with E-state index in [1.54, 1.807) is 39.0 Å². The van der Waals surface area contributed by atoms with Gasteiger partial charge in [-0.1, -0.05) is 35.3 Å². The van der Waals surface area contributed by atoms with Crippen molar-refractivity contribution >= 4 is 40.9 Å². The number of rotatable bonds is 3. The molecule has 0 bridgehead atoms. The van der Waals surface area contributed by atoms with Crippen molar-refractivity contribution in [2.24, 2.45) is 5.73 Å². The third-order valence-electron chi connectivity index (χ3n) is 5.01. The molecule has 1 aliphatic rings. The van der Waals surface area contributed by atoms with Gasteiger partial charge in [0.15, 0.2) is 17.3 Å². The second-order valence-electron chi connectivity index (χ2n) is 9.07. The van der Waals surface area contributed by atoms with Gasteiger partial charge in [-0.15, -0.1) is 0 Å². The van der Waals surface area contributed by atoms with E-state index in [1.165, 1.54) is 0 Å². The molecule has 3 rings (SSSR count). The average molecular weight is 477 g/mol. The summed E-state index contributed by atoms with van der Waals surface area (Å²) < 4.78 is 5.38. The summed E-state index contributed by atoms with van der Waals surface area (Å²) in [6, 6.07) is 7.15. The molecule has 1 aliphatic heterocycles. The Morgan fingerprint density at radius 2 is 1.94 bits per heavy atom. The van der Waals surface area contributed by atoms with Gasteiger partial charge in [0.1, 0.15) is 17.4 Å². The number of nitrogens with one attached hydrogen (secondary N) is 1. The van der Waals surface area contributed by atoms with Crippen molar-refractivity contribution in [1.82, 2.24) is 9.97 Å². The minimum absolute atomic E-state index is 0.117. The van der Waals surface area contributed by atoms with Gasteiger partial charge in [-0.3, -0.25) is 5.32 Å². The van der Waals surface area contributed by atoms with Gasteiger partial charge in [-0.25, -0.2) is 14.8 Å². The molecule has 3 N–H and O–H groups in total. The molecule has 32 heavy (non-hydrogen) atoms. The maximum Gasteiger partial charge on any atom is 0.413 e. The van der Waals surface area contributed by atoms with Gasteiger partial charge < -0.3 is 15.4 Å². The number of halogens is 2. The van der Waals surface area contributed by atoms with Crippen molar-refractivity contribution in [3.8, 4) is 17.3 Å². The Morgan fingerprint density at radius 3 is 2.53 bits per heavy atom. The average Bonchev–Trinajstić information content (AvgIpc) is 2.68. The number of piperidine rings is 1. The van der Waals surface area contributed by atoms with Gasteiger partial charge in [0.25, 0.3) is 0 Å². The Morgan fingerprint density at radius 1 is 1.28 bits per heavy atom. The smallest absolute Gasteiger partial charge is 0.413 e. The Balaban J connectivity index is 2.10. The van der Waals surface area contributed by atoms with Crippen molar-refractivity contribution in [3.63, 3.8) is 0 Å². The SMILES string of the molecule is CC1(N)CCN(c2nc(NC(=O)OC(C)(C)C)c(-c3cccc(Cl)c3Cl)nc2C#N)CC1. The monoisotopic (exact) mass is 476 g/mol. The fourth-order valence-electron chi connectivity index (χ4n) is 3.31. The summed E-state index contributed by atoms with van der Waals surface area (Å²) in [5.41, 5.74) is 6.04. The molecular weight excluding hydrogens is 451 g/mol. The van der Waals surface area contributed by atoms with Crippen molar-refractivity contribution in [1.29, 1.82) is 5.26 Å². The molecule has 2 aromatic rings. The molecule has 10 heteroatoms. The van der Waals surface area contributed by atoms with Crippen LogP contribution in [0.2, 0.25) is 10.0 Å². The standard InChI is InChI=1S/C22H26Cl2N6O2/c1-21(2,3)32-20(31)29-18-17(13-6-5-7-14(23)16(13)24)27-15(12-25)19(28-18)30-10-8-22(4,26)9-11-30/h5-7H,8-11,26H2,1-4H3,(H,28,29,31). The Bertz CT molecular complexity index is 1070. The van der Waals surface area contributed by atoms with Crippen LogP contribution >= 0.6 is 23.2 Å². The summed E-state index contributed by atoms with van der Waals surface area (Å²) in [6.45, 7) is 8.50. The molecule has 1 saturated heterocycles. The lowest BCUT2D eigenvalue weighted by atomic mass is 9.91. The third kappa shape index (κ3) is 5.60. The van der Waals surface area contributed by atoms with E-state index in [4.69, 9.17) is 33.7 Å². The molecule has 1 fully saturated rings. The molecule has 1 aromatic carbocycles. The van der Waals surface area contributed by atoms with E-state index in [0.717, 1.165) is 12.8 Å². The summed E-state index contributed by atoms with van der Waals surface area (Å²) in [6.07, 6.45) is 0.766. The van der Waals surface area contributed by atoms with E-state index in [9.17, 15) is 10.1 Å². The fourth-order valence-corrected chi connectivity index (χ4v) is 3.70. The number of hydrogen-bond acceptors (Lipinski definition) is 7. The molecule has 2 heterocycles. The van der Waals surface area contributed by atoms with Gasteiger partial charge in [0.05, 0.1) is 10.0 Å². The quantitative estimate of drug-likeness (QED) is 0.640. The van der Waals surface area contributed by atoms with Gasteiger partial charge in [-0.05, 0) is 46.6 Å². The number of nitrogens with zero attached hydrogens (tertiary/aromatic N) is 4. The Labute approximate surface area is 197 Å². The molecule has 0 atom stereocenters. The maximum absolute atomic E-state index is 12.5. The molecule has 0 unspecified atom stereocenters. The molecule has 0 radical (unpaired) electrons. The number of hydrogen-bond donors (Lipinski definition) is 2. The molecule has 8 nitrogen and oxygen atoms in total. The second-order valence-corrected chi connectivity index (χ2v) is 9.86. The van der Waals surface area contributed by atoms with Crippen LogP contribution < -0.4 is 16.0 Å². The summed E-state index contributed by atoms with van der Waals surface area (Å²) in [5.74, 6) is 0.495. The number of nitriles is 1. The van der Waals surface area contributed by atoms with E-state index < -0.39 is 11.7 Å². The summed E-state index contributed by atoms with van der Waals surface area (Å²) >= 11 is 12.6. The molecule has 0 spiro atoms. The van der Waals surface area contributed by atoms with E-state index in [2.05, 4.69) is 21.4 Å². The van der Waals surface area contributed by atoms with Crippen LogP contribution in [0.25, 0.3) is 11.3 Å². The Hall–Kier alpha value is -2.60. The van der Waals surface area contributed by atoms with Crippen LogP contribution in [0.3, 0.4) is 0 Å². The molecule has 0 saturated carbocycles. The highest BCUT2D eigenvalue weighted by Crippen LogP contribution is 2.37. The third-order valence-corrected chi connectivity index (χ3v) is 5.83. The van der Waals surface area contributed by atoms with E-state index in [1.807, 2.05) is 11.8 Å². The first-order valence-corrected chi connectivity index (χ1v) is 11.0. The lowest BCUT2D eigenvalue weighted by Crippen LogP contribution is -2.48. The number of anilines is 2. The molecule has 0 aliphatic carbocycles. The predicted molar refractivity (Wildman–Crippen MR) is 126 cm³/mol. The first kappa shape index (κ1) is 24.1. The van der Waals surface area contributed by atoms with Crippen molar-refractivity contribution in [3.05, 3.63) is 33.9 Å². The highest BCUT2D eigenvalue weighted by atomic mass is 35.5. The number of aromatic nitrogens is 2. The second kappa shape index (κ2) is 9.10. The highest BCUT2D eigenvalue weighted by Gasteiger charge is 2.30. The van der Waals surface area contributed by atoms with Crippen LogP contribution in [0.15, 0.2) is 18.2 Å². The minimum atomic E-state index is -0.709. The highest BCUT2D eigenvalue weighted by molar-refractivity contribution is 6.43. The van der Waals surface area contributed by atoms with Crippen LogP contribution in [0.4, 0.5) is 16.4 Å². The zero-order valence-corrected chi connectivity index (χ0v) is 20.0. The topological polar surface area (TPSA) is 117 Å². The largest absolute Gasteiger partial charge is 0.444 e. The number of carbonyl (C=O) groups excluding carboxylic acids is 1. The van der Waals surface area contributed by atoms with E-state index >= 15 is 0 Å². The maximum atomic E-state index is 12.5. The van der Waals surface area contributed by atoms with Gasteiger partial charge >= 0.3 is 6.09 Å². The molecular formula is C22H26Cl2N6O2. The minimum Gasteiger partial charge on any atom is -0.444 e. The summed E-state index contributed by atoms with van der Waals surface area (Å²) in [4.78, 5) is 23.6. The van der Waals surface area contributed by atoms with Crippen LogP contribution in [-0.4, -0.2) is 40.3 Å². The van der Waals surface area contributed by atoms with Crippen LogP contribution in [0, 0.1) is 11.3 Å². The normalized spacial score (nSPS) is 15.8. The zero-order chi connectivity index (χ0) is 23.7. The van der Waals surface area contributed by atoms with Gasteiger partial charge in [0, 0.05) is 24.2 Å². The first-order valence-electron chi connectivity index (χ1n) is 10.2. The number of ether oxygens (including phenoxy) is 1. The van der Waals surface area contributed by atoms with Crippen molar-refractivity contribution in [2.45, 2.75) is 51.7 Å². The lowest BCUT2D eigenvalue weighted by molar-refractivity contribution is 0.0635. The zero-order valence-electron chi connectivity index (χ0n) is 18.5. The van der Waals surface area contributed by atoms with E-state index in [0.29, 0.717) is 29.5 Å². The Kier molecular flexibility index (Phi) is 6.84. The van der Waals surface area contributed by atoms with E-state index in [-0.39, 0.29) is 27.8 Å². The van der Waals surface area contributed by atoms with Crippen LogP contribution in [-0.2, 0) is 4.74 Å². The summed E-state index contributed by atoms with van der Waals surface area (Å²) in [5, 5.41) is 13.0. The number of benzene rings is 1. The lowest BCUT2D eigenvalue weighted by Gasteiger charge is -2.37. The van der Waals surface area contributed by atoms with Gasteiger partial charge in [0.2, 0.25) is 0 Å². The first-order chi connectivity index (χ1) is 14.9. The van der Waals surface area contributed by atoms with Crippen LogP contribution in [0.5, 0.6) is 0 Å². The number of nitrogens with two attached hydrogens (primary N) is 1. The number of carbonyl (C=O) groups is 1. The van der Waals surface area contributed by atoms with Gasteiger partial charge in [-0.2, -0.15) is 5.26 Å². The molecule has 1 aromatic heterocycles. The van der Waals surface area contributed by atoms with Crippen molar-refractivity contribution < 1.29 is 9.53 Å². The van der Waals surface area contributed by atoms with Crippen LogP contribution in [0.1, 0.15) is 46.2 Å². The number of amides is 1. The summed E-state index contributed by atoms with van der Waals surface area (Å²) in [7, 11) is 0. The van der Waals surface area contributed by atoms with Crippen molar-refractivity contribution in [2.75, 3.05) is 23.3 Å². The molecule has 170 valence electrons. The molecule has 1 amide bonds. The fraction of sp³-hybridized carbons (Fsp3) is 0.455.